The molecule has 1 aliphatic rings. The molecule has 0 amide bonds. The molecule has 8 heteroatoms. The highest BCUT2D eigenvalue weighted by atomic mass is 19.1. The Labute approximate surface area is 173 Å². The summed E-state index contributed by atoms with van der Waals surface area (Å²) in [5.74, 6) is -0.991. The number of carbonyl (C=O) groups is 1. The molecule has 1 aliphatic heterocycles. The second-order valence-electron chi connectivity index (χ2n) is 6.35. The fraction of sp³-hybridized carbons (Fsp3) is 0.182. The van der Waals surface area contributed by atoms with Crippen molar-refractivity contribution in [2.75, 3.05) is 26.2 Å². The molecule has 0 bridgehead atoms. The zero-order valence-corrected chi connectivity index (χ0v) is 16.7. The fourth-order valence-electron chi connectivity index (χ4n) is 3.40. The lowest BCUT2D eigenvalue weighted by atomic mass is 9.82. The van der Waals surface area contributed by atoms with Gasteiger partial charge in [0, 0.05) is 17.5 Å². The molecule has 0 fully saturated rings. The third kappa shape index (κ3) is 3.53. The van der Waals surface area contributed by atoms with E-state index < -0.39 is 17.7 Å². The van der Waals surface area contributed by atoms with Crippen LogP contribution in [0.3, 0.4) is 0 Å². The van der Waals surface area contributed by atoms with E-state index in [1.54, 1.807) is 18.2 Å². The maximum absolute atomic E-state index is 13.4. The van der Waals surface area contributed by atoms with Gasteiger partial charge >= 0.3 is 5.97 Å². The number of para-hydroxylation sites is 1. The molecule has 0 saturated heterocycles. The minimum absolute atomic E-state index is 0.103. The summed E-state index contributed by atoms with van der Waals surface area (Å²) in [5, 5.41) is 9.94. The maximum Gasteiger partial charge on any atom is 0.336 e. The van der Waals surface area contributed by atoms with Gasteiger partial charge in [0.1, 0.15) is 11.6 Å². The Hall–Kier alpha value is -3.99. The van der Waals surface area contributed by atoms with E-state index in [1.807, 2.05) is 0 Å². The minimum atomic E-state index is -0.843. The van der Waals surface area contributed by atoms with Crippen LogP contribution in [0.25, 0.3) is 0 Å². The van der Waals surface area contributed by atoms with Crippen molar-refractivity contribution in [3.05, 3.63) is 77.0 Å². The number of ether oxygens (including phenoxy) is 3. The quantitative estimate of drug-likeness (QED) is 0.757. The maximum atomic E-state index is 13.4. The molecule has 0 aliphatic carbocycles. The molecule has 1 heterocycles. The molecule has 30 heavy (non-hydrogen) atoms. The van der Waals surface area contributed by atoms with E-state index >= 15 is 0 Å². The molecule has 2 aromatic rings. The second kappa shape index (κ2) is 8.57. The van der Waals surface area contributed by atoms with Gasteiger partial charge in [-0.15, -0.1) is 0 Å². The first-order valence-corrected chi connectivity index (χ1v) is 8.92. The molecule has 2 N–H and O–H groups in total. The van der Waals surface area contributed by atoms with Crippen molar-refractivity contribution in [2.45, 2.75) is 5.92 Å². The molecular formula is C22H20FN3O4. The summed E-state index contributed by atoms with van der Waals surface area (Å²) >= 11 is 0. The Morgan fingerprint density at radius 3 is 2.40 bits per heavy atom. The van der Waals surface area contributed by atoms with Crippen molar-refractivity contribution in [2.24, 2.45) is 5.73 Å². The monoisotopic (exact) mass is 409 g/mol. The lowest BCUT2D eigenvalue weighted by molar-refractivity contribution is -0.136. The van der Waals surface area contributed by atoms with Gasteiger partial charge in [-0.05, 0) is 30.3 Å². The van der Waals surface area contributed by atoms with E-state index in [0.29, 0.717) is 22.7 Å². The Morgan fingerprint density at radius 2 is 1.83 bits per heavy atom. The van der Waals surface area contributed by atoms with Gasteiger partial charge in [0.15, 0.2) is 11.5 Å². The first-order valence-electron chi connectivity index (χ1n) is 8.92. The van der Waals surface area contributed by atoms with Crippen molar-refractivity contribution in [1.82, 2.24) is 0 Å². The average Bonchev–Trinajstić information content (AvgIpc) is 2.78. The van der Waals surface area contributed by atoms with E-state index in [2.05, 4.69) is 6.07 Å². The van der Waals surface area contributed by atoms with Gasteiger partial charge in [-0.3, -0.25) is 0 Å². The summed E-state index contributed by atoms with van der Waals surface area (Å²) in [5.41, 5.74) is 7.61. The third-order valence-corrected chi connectivity index (χ3v) is 4.79. The summed E-state index contributed by atoms with van der Waals surface area (Å²) in [4.78, 5) is 14.1. The zero-order chi connectivity index (χ0) is 21.8. The van der Waals surface area contributed by atoms with Gasteiger partial charge in [-0.2, -0.15) is 5.26 Å². The summed E-state index contributed by atoms with van der Waals surface area (Å²) in [6.07, 6.45) is 1.48. The zero-order valence-electron chi connectivity index (χ0n) is 16.7. The van der Waals surface area contributed by atoms with Gasteiger partial charge < -0.3 is 24.8 Å². The highest BCUT2D eigenvalue weighted by Crippen LogP contribution is 2.45. The van der Waals surface area contributed by atoms with Crippen LogP contribution in [-0.2, 0) is 9.53 Å². The summed E-state index contributed by atoms with van der Waals surface area (Å²) in [6, 6.07) is 12.8. The van der Waals surface area contributed by atoms with Crippen LogP contribution in [0.1, 0.15) is 11.5 Å². The largest absolute Gasteiger partial charge is 0.493 e. The van der Waals surface area contributed by atoms with Crippen LogP contribution < -0.4 is 20.1 Å². The van der Waals surface area contributed by atoms with Crippen molar-refractivity contribution in [3.63, 3.8) is 0 Å². The number of halogens is 1. The Bertz CT molecular complexity index is 1070. The number of carbonyl (C=O) groups excluding carboxylic acids is 1. The van der Waals surface area contributed by atoms with Crippen LogP contribution in [0.5, 0.6) is 11.5 Å². The minimum Gasteiger partial charge on any atom is -0.493 e. The highest BCUT2D eigenvalue weighted by molar-refractivity contribution is 5.93. The number of nitriles is 1. The SMILES string of the molecule is COC(=O)C1=CN(c2ccc(F)cc2)C(N)=C(C#N)C1c1cccc(OC)c1OC. The number of rotatable bonds is 5. The summed E-state index contributed by atoms with van der Waals surface area (Å²) in [7, 11) is 4.21. The van der Waals surface area contributed by atoms with Crippen LogP contribution in [0.15, 0.2) is 65.6 Å². The molecule has 1 atom stereocenters. The smallest absolute Gasteiger partial charge is 0.336 e. The number of methoxy groups -OCH3 is 3. The third-order valence-electron chi connectivity index (χ3n) is 4.79. The summed E-state index contributed by atoms with van der Waals surface area (Å²) in [6.45, 7) is 0. The molecule has 154 valence electrons. The Morgan fingerprint density at radius 1 is 1.13 bits per heavy atom. The molecule has 2 aromatic carbocycles. The highest BCUT2D eigenvalue weighted by Gasteiger charge is 2.37. The fourth-order valence-corrected chi connectivity index (χ4v) is 3.40. The molecule has 0 saturated carbocycles. The van der Waals surface area contributed by atoms with Gasteiger partial charge in [-0.25, -0.2) is 9.18 Å². The van der Waals surface area contributed by atoms with Gasteiger partial charge in [0.2, 0.25) is 0 Å². The predicted octanol–water partition coefficient (Wildman–Crippen LogP) is 3.20. The van der Waals surface area contributed by atoms with E-state index in [0.717, 1.165) is 0 Å². The first-order chi connectivity index (χ1) is 14.5. The molecule has 0 aromatic heterocycles. The molecular weight excluding hydrogens is 389 g/mol. The Balaban J connectivity index is 2.25. The van der Waals surface area contributed by atoms with Crippen molar-refractivity contribution < 1.29 is 23.4 Å². The van der Waals surface area contributed by atoms with Gasteiger partial charge in [0.25, 0.3) is 0 Å². The first kappa shape index (κ1) is 20.7. The number of esters is 1. The van der Waals surface area contributed by atoms with Crippen LogP contribution in [0.4, 0.5) is 10.1 Å². The number of hydrogen-bond donors (Lipinski definition) is 1. The van der Waals surface area contributed by atoms with E-state index in [9.17, 15) is 14.4 Å². The number of benzene rings is 2. The average molecular weight is 409 g/mol. The van der Waals surface area contributed by atoms with E-state index in [-0.39, 0.29) is 17.0 Å². The lowest BCUT2D eigenvalue weighted by Crippen LogP contribution is -2.33. The number of anilines is 1. The second-order valence-corrected chi connectivity index (χ2v) is 6.35. The van der Waals surface area contributed by atoms with Gasteiger partial charge in [-0.1, -0.05) is 12.1 Å². The molecule has 3 rings (SSSR count). The van der Waals surface area contributed by atoms with E-state index in [4.69, 9.17) is 19.9 Å². The van der Waals surface area contributed by atoms with Crippen LogP contribution in [0.2, 0.25) is 0 Å². The predicted molar refractivity (Wildman–Crippen MR) is 108 cm³/mol. The van der Waals surface area contributed by atoms with E-state index in [1.165, 1.54) is 56.7 Å². The topological polar surface area (TPSA) is 97.8 Å². The Kier molecular flexibility index (Phi) is 5.93. The number of nitrogens with zero attached hydrogens (tertiary/aromatic N) is 2. The molecule has 0 radical (unpaired) electrons. The molecule has 7 nitrogen and oxygen atoms in total. The number of allylic oxidation sites excluding steroid dienone is 1. The van der Waals surface area contributed by atoms with Crippen LogP contribution >= 0.6 is 0 Å². The molecule has 0 spiro atoms. The standard InChI is InChI=1S/C22H20FN3O4/c1-28-18-6-4-5-15(20(18)29-2)19-16(11-24)21(25)26(12-17(19)22(27)30-3)14-9-7-13(23)8-10-14/h4-10,12,19H,25H2,1-3H3. The van der Waals surface area contributed by atoms with Crippen molar-refractivity contribution >= 4 is 11.7 Å². The summed E-state index contributed by atoms with van der Waals surface area (Å²) < 4.78 is 29.2. The molecule has 1 unspecified atom stereocenters. The van der Waals surface area contributed by atoms with Crippen molar-refractivity contribution in [3.8, 4) is 17.6 Å². The van der Waals surface area contributed by atoms with Crippen LogP contribution in [-0.4, -0.2) is 27.3 Å². The van der Waals surface area contributed by atoms with Crippen LogP contribution in [0, 0.1) is 17.1 Å². The van der Waals surface area contributed by atoms with Crippen molar-refractivity contribution in [1.29, 1.82) is 5.26 Å². The number of hydrogen-bond acceptors (Lipinski definition) is 7. The number of nitrogens with two attached hydrogens (primary N) is 1. The lowest BCUT2D eigenvalue weighted by Gasteiger charge is -2.32. The van der Waals surface area contributed by atoms with Gasteiger partial charge in [0.05, 0.1) is 44.5 Å². The normalized spacial score (nSPS) is 15.9.